The molecule has 4 rings (SSSR count). The Labute approximate surface area is 216 Å². The third kappa shape index (κ3) is 6.07. The van der Waals surface area contributed by atoms with Gasteiger partial charge in [-0.1, -0.05) is 71.7 Å². The van der Waals surface area contributed by atoms with Crippen LogP contribution in [0.3, 0.4) is 0 Å². The smallest absolute Gasteiger partial charge is 0.343 e. The van der Waals surface area contributed by atoms with E-state index in [0.29, 0.717) is 16.1 Å². The van der Waals surface area contributed by atoms with Crippen molar-refractivity contribution in [3.8, 4) is 5.75 Å². The highest BCUT2D eigenvalue weighted by atomic mass is 35.5. The lowest BCUT2D eigenvalue weighted by atomic mass is 10.0. The first kappa shape index (κ1) is 24.9. The van der Waals surface area contributed by atoms with Crippen molar-refractivity contribution in [1.82, 2.24) is 10.7 Å². The third-order valence-electron chi connectivity index (χ3n) is 5.12. The number of nitrogens with one attached hydrogen (secondary N) is 2. The maximum Gasteiger partial charge on any atom is 0.343 e. The van der Waals surface area contributed by atoms with Gasteiger partial charge in [0.1, 0.15) is 5.75 Å². The summed E-state index contributed by atoms with van der Waals surface area (Å²) in [5.74, 6) is -1.28. The second-order valence-electron chi connectivity index (χ2n) is 7.56. The molecule has 180 valence electrons. The zero-order valence-electron chi connectivity index (χ0n) is 18.7. The molecule has 2 amide bonds. The molecular formula is C27H19Cl2N3O4. The number of halogens is 2. The largest absolute Gasteiger partial charge is 0.422 e. The summed E-state index contributed by atoms with van der Waals surface area (Å²) in [5.41, 5.74) is 3.54. The summed E-state index contributed by atoms with van der Waals surface area (Å²) < 4.78 is 5.62. The van der Waals surface area contributed by atoms with Crippen LogP contribution >= 0.6 is 23.2 Å². The molecule has 0 spiro atoms. The molecule has 0 aliphatic rings. The predicted molar refractivity (Wildman–Crippen MR) is 140 cm³/mol. The van der Waals surface area contributed by atoms with E-state index in [0.717, 1.165) is 10.8 Å². The zero-order valence-corrected chi connectivity index (χ0v) is 20.2. The molecule has 0 aliphatic carbocycles. The molecule has 0 heterocycles. The molecule has 0 bridgehead atoms. The SMILES string of the molecule is O=C(CNC(=O)c1ccc(Cl)c(Cl)c1)NN=Cc1c(OC(=O)c2ccccc2)ccc2ccccc12. The Morgan fingerprint density at radius 3 is 2.36 bits per heavy atom. The molecule has 2 N–H and O–H groups in total. The Kier molecular flexibility index (Phi) is 7.95. The Hall–Kier alpha value is -4.20. The normalized spacial score (nSPS) is 10.8. The fourth-order valence-electron chi connectivity index (χ4n) is 3.34. The highest BCUT2D eigenvalue weighted by molar-refractivity contribution is 6.42. The van der Waals surface area contributed by atoms with Crippen LogP contribution in [-0.4, -0.2) is 30.5 Å². The molecule has 0 saturated carbocycles. The molecule has 9 heteroatoms. The van der Waals surface area contributed by atoms with Crippen molar-refractivity contribution < 1.29 is 19.1 Å². The monoisotopic (exact) mass is 519 g/mol. The number of hydrogen-bond acceptors (Lipinski definition) is 5. The molecule has 7 nitrogen and oxygen atoms in total. The van der Waals surface area contributed by atoms with Crippen molar-refractivity contribution >= 4 is 58.0 Å². The fraction of sp³-hybridized carbons (Fsp3) is 0.0370. The number of amides is 2. The van der Waals surface area contributed by atoms with Crippen molar-refractivity contribution in [2.75, 3.05) is 6.54 Å². The van der Waals surface area contributed by atoms with Crippen molar-refractivity contribution in [2.45, 2.75) is 0 Å². The molecule has 4 aromatic carbocycles. The lowest BCUT2D eigenvalue weighted by molar-refractivity contribution is -0.120. The Balaban J connectivity index is 1.45. The fourth-order valence-corrected chi connectivity index (χ4v) is 3.64. The van der Waals surface area contributed by atoms with Crippen LogP contribution in [0.2, 0.25) is 10.0 Å². The summed E-state index contributed by atoms with van der Waals surface area (Å²) in [6.45, 7) is -0.318. The van der Waals surface area contributed by atoms with E-state index in [2.05, 4.69) is 15.8 Å². The van der Waals surface area contributed by atoms with E-state index in [1.165, 1.54) is 24.4 Å². The number of carbonyl (C=O) groups excluding carboxylic acids is 3. The first-order chi connectivity index (χ1) is 17.4. The van der Waals surface area contributed by atoms with Crippen LogP contribution < -0.4 is 15.5 Å². The highest BCUT2D eigenvalue weighted by Gasteiger charge is 2.14. The zero-order chi connectivity index (χ0) is 25.5. The number of nitrogens with zero attached hydrogens (tertiary/aromatic N) is 1. The van der Waals surface area contributed by atoms with Gasteiger partial charge in [-0.3, -0.25) is 9.59 Å². The Bertz CT molecular complexity index is 1470. The number of hydrazone groups is 1. The molecule has 4 aromatic rings. The van der Waals surface area contributed by atoms with Crippen LogP contribution in [0.1, 0.15) is 26.3 Å². The molecule has 0 radical (unpaired) electrons. The molecule has 0 aliphatic heterocycles. The summed E-state index contributed by atoms with van der Waals surface area (Å²) in [6, 6.07) is 24.0. The molecule has 36 heavy (non-hydrogen) atoms. The molecule has 0 fully saturated rings. The van der Waals surface area contributed by atoms with Gasteiger partial charge in [-0.2, -0.15) is 5.10 Å². The summed E-state index contributed by atoms with van der Waals surface area (Å²) in [6.07, 6.45) is 1.40. The van der Waals surface area contributed by atoms with Gasteiger partial charge in [0.05, 0.1) is 28.4 Å². The number of ether oxygens (including phenoxy) is 1. The number of benzene rings is 4. The average molecular weight is 520 g/mol. The van der Waals surface area contributed by atoms with E-state index in [-0.39, 0.29) is 22.9 Å². The van der Waals surface area contributed by atoms with Crippen molar-refractivity contribution in [3.63, 3.8) is 0 Å². The number of hydrogen-bond donors (Lipinski definition) is 2. The molecule has 0 atom stereocenters. The molecule has 0 saturated heterocycles. The van der Waals surface area contributed by atoms with E-state index < -0.39 is 17.8 Å². The lowest BCUT2D eigenvalue weighted by Crippen LogP contribution is -2.34. The number of carbonyl (C=O) groups is 3. The van der Waals surface area contributed by atoms with Crippen LogP contribution in [0.5, 0.6) is 5.75 Å². The maximum atomic E-state index is 12.6. The Morgan fingerprint density at radius 1 is 0.833 bits per heavy atom. The van der Waals surface area contributed by atoms with Crippen LogP contribution in [0.25, 0.3) is 10.8 Å². The van der Waals surface area contributed by atoms with Crippen molar-refractivity contribution in [3.05, 3.63) is 112 Å². The van der Waals surface area contributed by atoms with Gasteiger partial charge in [-0.15, -0.1) is 0 Å². The summed E-state index contributed by atoms with van der Waals surface area (Å²) >= 11 is 11.8. The van der Waals surface area contributed by atoms with E-state index in [1.807, 2.05) is 30.3 Å². The van der Waals surface area contributed by atoms with Crippen LogP contribution in [0, 0.1) is 0 Å². The second kappa shape index (κ2) is 11.5. The van der Waals surface area contributed by atoms with Gasteiger partial charge in [0.15, 0.2) is 0 Å². The van der Waals surface area contributed by atoms with Crippen LogP contribution in [0.15, 0.2) is 90.0 Å². The molecule has 0 aromatic heterocycles. The maximum absolute atomic E-state index is 12.6. The summed E-state index contributed by atoms with van der Waals surface area (Å²) in [4.78, 5) is 37.1. The van der Waals surface area contributed by atoms with Gasteiger partial charge >= 0.3 is 5.97 Å². The number of rotatable bonds is 7. The molecular weight excluding hydrogens is 501 g/mol. The minimum Gasteiger partial charge on any atom is -0.422 e. The van der Waals surface area contributed by atoms with Crippen LogP contribution in [-0.2, 0) is 4.79 Å². The average Bonchev–Trinajstić information content (AvgIpc) is 2.90. The second-order valence-corrected chi connectivity index (χ2v) is 8.37. The first-order valence-electron chi connectivity index (χ1n) is 10.8. The minimum absolute atomic E-state index is 0.234. The summed E-state index contributed by atoms with van der Waals surface area (Å²) in [7, 11) is 0. The number of esters is 1. The first-order valence-corrected chi connectivity index (χ1v) is 11.5. The lowest BCUT2D eigenvalue weighted by Gasteiger charge is -2.10. The highest BCUT2D eigenvalue weighted by Crippen LogP contribution is 2.27. The van der Waals surface area contributed by atoms with E-state index in [4.69, 9.17) is 27.9 Å². The van der Waals surface area contributed by atoms with E-state index in [9.17, 15) is 14.4 Å². The predicted octanol–water partition coefficient (Wildman–Crippen LogP) is 5.25. The van der Waals surface area contributed by atoms with Gasteiger partial charge in [-0.05, 0) is 47.2 Å². The minimum atomic E-state index is -0.553. The molecule has 0 unspecified atom stereocenters. The summed E-state index contributed by atoms with van der Waals surface area (Å²) in [5, 5.41) is 8.72. The van der Waals surface area contributed by atoms with E-state index in [1.54, 1.807) is 36.4 Å². The Morgan fingerprint density at radius 2 is 1.58 bits per heavy atom. The number of fused-ring (bicyclic) bond motifs is 1. The van der Waals surface area contributed by atoms with Gasteiger partial charge < -0.3 is 10.1 Å². The van der Waals surface area contributed by atoms with Gasteiger partial charge in [0.25, 0.3) is 11.8 Å². The van der Waals surface area contributed by atoms with Crippen molar-refractivity contribution in [2.24, 2.45) is 5.10 Å². The van der Waals surface area contributed by atoms with Gasteiger partial charge in [0.2, 0.25) is 0 Å². The standard InChI is InChI=1S/C27H19Cl2N3O4/c28-22-12-10-19(14-23(22)29)26(34)30-16-25(33)32-31-15-21-20-9-5-4-6-17(20)11-13-24(21)36-27(35)18-7-2-1-3-8-18/h1-15H,16H2,(H,30,34)(H,32,33). The third-order valence-corrected chi connectivity index (χ3v) is 5.86. The van der Waals surface area contributed by atoms with E-state index >= 15 is 0 Å². The van der Waals surface area contributed by atoms with Crippen molar-refractivity contribution in [1.29, 1.82) is 0 Å². The topological polar surface area (TPSA) is 96.9 Å². The van der Waals surface area contributed by atoms with Gasteiger partial charge in [0, 0.05) is 11.1 Å². The quantitative estimate of drug-likeness (QED) is 0.151. The van der Waals surface area contributed by atoms with Crippen LogP contribution in [0.4, 0.5) is 0 Å². The van der Waals surface area contributed by atoms with Gasteiger partial charge in [-0.25, -0.2) is 10.2 Å².